The number of rotatable bonds is 12. The summed E-state index contributed by atoms with van der Waals surface area (Å²) in [6.07, 6.45) is -2.16. The standard InChI is InChI=1S/C28H33ClFN5O8S/c1-16(36)25(31)26(39)32-9-3-2-4-23(37)35(27(40)21-7-8-22(29)44-21)14-18-13-34(28(41)43-18)20-6-5-17(12-19(20)30)33-10-11-42-15-24(33)38/h5-8,12,16,18,25,36H,2-4,9-11,13-15,31H2,1H3,(H,32,39)/t16-,18-,25+/m1/s1. The normalized spacial score (nSPS) is 18.2. The van der Waals surface area contributed by atoms with Crippen molar-refractivity contribution in [3.8, 4) is 0 Å². The first-order valence-electron chi connectivity index (χ1n) is 13.9. The van der Waals surface area contributed by atoms with Gasteiger partial charge in [0.15, 0.2) is 0 Å². The topological polar surface area (TPSA) is 172 Å². The number of carbonyl (C=O) groups is 5. The first-order chi connectivity index (χ1) is 21.0. The molecule has 0 saturated carbocycles. The molecule has 3 atom stereocenters. The van der Waals surface area contributed by atoms with E-state index in [9.17, 15) is 29.1 Å². The molecule has 0 spiro atoms. The van der Waals surface area contributed by atoms with Crippen LogP contribution in [0.1, 0.15) is 35.9 Å². The molecule has 2 aliphatic rings. The van der Waals surface area contributed by atoms with Crippen LogP contribution in [0.4, 0.5) is 20.6 Å². The van der Waals surface area contributed by atoms with Crippen molar-refractivity contribution in [3.05, 3.63) is 45.4 Å². The molecule has 1 aromatic heterocycles. The average Bonchev–Trinajstić information content (AvgIpc) is 3.59. The number of amides is 5. The van der Waals surface area contributed by atoms with Gasteiger partial charge in [-0.25, -0.2) is 9.18 Å². The summed E-state index contributed by atoms with van der Waals surface area (Å²) in [7, 11) is 0. The van der Waals surface area contributed by atoms with E-state index in [0.29, 0.717) is 29.5 Å². The minimum atomic E-state index is -1.07. The highest BCUT2D eigenvalue weighted by molar-refractivity contribution is 7.18. The van der Waals surface area contributed by atoms with Crippen LogP contribution in [0.15, 0.2) is 30.3 Å². The minimum absolute atomic E-state index is 0.0517. The van der Waals surface area contributed by atoms with Crippen LogP contribution in [-0.2, 0) is 23.9 Å². The fraction of sp³-hybridized carbons (Fsp3) is 0.464. The lowest BCUT2D eigenvalue weighted by atomic mass is 10.1. The molecule has 13 nitrogen and oxygen atoms in total. The molecule has 2 aliphatic heterocycles. The Kier molecular flexibility index (Phi) is 11.3. The minimum Gasteiger partial charge on any atom is -0.442 e. The summed E-state index contributed by atoms with van der Waals surface area (Å²) < 4.78 is 26.0. The van der Waals surface area contributed by atoms with Crippen molar-refractivity contribution in [1.82, 2.24) is 10.2 Å². The number of unbranched alkanes of at least 4 members (excludes halogenated alkanes) is 1. The molecule has 0 unspecified atom stereocenters. The number of ether oxygens (including phenoxy) is 2. The molecule has 5 amide bonds. The number of aliphatic hydroxyl groups excluding tert-OH is 1. The number of cyclic esters (lactones) is 1. The van der Waals surface area contributed by atoms with Crippen LogP contribution in [0.2, 0.25) is 4.34 Å². The Morgan fingerprint density at radius 2 is 2.00 bits per heavy atom. The van der Waals surface area contributed by atoms with Crippen molar-refractivity contribution in [1.29, 1.82) is 0 Å². The Labute approximate surface area is 261 Å². The summed E-state index contributed by atoms with van der Waals surface area (Å²) in [5.41, 5.74) is 5.84. The van der Waals surface area contributed by atoms with E-state index in [1.54, 1.807) is 0 Å². The number of halogens is 2. The van der Waals surface area contributed by atoms with Crippen molar-refractivity contribution in [2.75, 3.05) is 49.2 Å². The van der Waals surface area contributed by atoms with Crippen molar-refractivity contribution in [2.24, 2.45) is 5.73 Å². The average molecular weight is 654 g/mol. The zero-order valence-electron chi connectivity index (χ0n) is 23.9. The van der Waals surface area contributed by atoms with E-state index in [4.69, 9.17) is 26.8 Å². The Hall–Kier alpha value is -3.63. The van der Waals surface area contributed by atoms with Crippen molar-refractivity contribution in [3.63, 3.8) is 0 Å². The number of imide groups is 1. The number of carbonyl (C=O) groups excluding carboxylic acids is 5. The van der Waals surface area contributed by atoms with Crippen LogP contribution < -0.4 is 20.9 Å². The number of thiophene rings is 1. The molecule has 1 aromatic carbocycles. The number of nitrogens with zero attached hydrogens (tertiary/aromatic N) is 3. The maximum atomic E-state index is 15.2. The Balaban J connectivity index is 1.40. The molecule has 3 heterocycles. The summed E-state index contributed by atoms with van der Waals surface area (Å²) in [5, 5.41) is 12.0. The highest BCUT2D eigenvalue weighted by Gasteiger charge is 2.38. The summed E-state index contributed by atoms with van der Waals surface area (Å²) in [6.45, 7) is 1.67. The zero-order chi connectivity index (χ0) is 32.0. The van der Waals surface area contributed by atoms with Gasteiger partial charge in [-0.3, -0.25) is 29.0 Å². The van der Waals surface area contributed by atoms with E-state index in [-0.39, 0.29) is 55.7 Å². The van der Waals surface area contributed by atoms with Crippen molar-refractivity contribution < 1.29 is 42.9 Å². The molecule has 238 valence electrons. The molecule has 4 N–H and O–H groups in total. The van der Waals surface area contributed by atoms with Crippen molar-refractivity contribution >= 4 is 64.0 Å². The van der Waals surface area contributed by atoms with Crippen LogP contribution in [-0.4, -0.2) is 97.4 Å². The van der Waals surface area contributed by atoms with Gasteiger partial charge in [-0.1, -0.05) is 11.6 Å². The molecule has 0 aliphatic carbocycles. The number of benzene rings is 1. The second kappa shape index (κ2) is 14.9. The Bertz CT molecular complexity index is 1410. The molecule has 2 aromatic rings. The van der Waals surface area contributed by atoms with Gasteiger partial charge in [-0.2, -0.15) is 0 Å². The maximum absolute atomic E-state index is 15.2. The van der Waals surface area contributed by atoms with Gasteiger partial charge in [0.2, 0.25) is 11.8 Å². The fourth-order valence-electron chi connectivity index (χ4n) is 4.64. The van der Waals surface area contributed by atoms with Gasteiger partial charge in [-0.15, -0.1) is 11.3 Å². The zero-order valence-corrected chi connectivity index (χ0v) is 25.4. The predicted octanol–water partition coefficient (Wildman–Crippen LogP) is 1.89. The van der Waals surface area contributed by atoms with E-state index in [1.807, 2.05) is 0 Å². The number of hydrogen-bond acceptors (Lipinski definition) is 10. The number of nitrogens with two attached hydrogens (primary N) is 1. The first kappa shape index (κ1) is 33.3. The Morgan fingerprint density at radius 3 is 2.66 bits per heavy atom. The fourth-order valence-corrected chi connectivity index (χ4v) is 5.63. The number of anilines is 2. The van der Waals surface area contributed by atoms with Gasteiger partial charge in [0, 0.05) is 25.2 Å². The molecule has 44 heavy (non-hydrogen) atoms. The summed E-state index contributed by atoms with van der Waals surface area (Å²) in [5.74, 6) is -2.74. The lowest BCUT2D eigenvalue weighted by molar-refractivity contribution is -0.129. The molecule has 4 rings (SSSR count). The summed E-state index contributed by atoms with van der Waals surface area (Å²) >= 11 is 6.99. The van der Waals surface area contributed by atoms with Crippen molar-refractivity contribution in [2.45, 2.75) is 44.4 Å². The SMILES string of the molecule is C[C@@H](O)[C@H](N)C(=O)NCCCCC(=O)N(C[C@H]1CN(c2ccc(N3CCOCC3=O)cc2F)C(=O)O1)C(=O)c1ccc(Cl)s1. The Morgan fingerprint density at radius 1 is 1.23 bits per heavy atom. The second-order valence-corrected chi connectivity index (χ2v) is 12.0. The molecule has 2 fully saturated rings. The molecule has 16 heteroatoms. The molecular weight excluding hydrogens is 621 g/mol. The smallest absolute Gasteiger partial charge is 0.414 e. The highest BCUT2D eigenvalue weighted by atomic mass is 35.5. The third-order valence-electron chi connectivity index (χ3n) is 7.05. The van der Waals surface area contributed by atoms with Gasteiger partial charge in [0.25, 0.3) is 11.8 Å². The van der Waals surface area contributed by atoms with E-state index in [2.05, 4.69) is 5.32 Å². The van der Waals surface area contributed by atoms with Gasteiger partial charge < -0.3 is 30.5 Å². The monoisotopic (exact) mass is 653 g/mol. The van der Waals surface area contributed by atoms with Crippen LogP contribution >= 0.6 is 22.9 Å². The third kappa shape index (κ3) is 8.09. The van der Waals surface area contributed by atoms with Crippen LogP contribution in [0.3, 0.4) is 0 Å². The largest absolute Gasteiger partial charge is 0.442 e. The number of hydrogen-bond donors (Lipinski definition) is 3. The quantitative estimate of drug-likeness (QED) is 0.289. The lowest BCUT2D eigenvalue weighted by Gasteiger charge is -2.27. The second-order valence-electron chi connectivity index (χ2n) is 10.3. The summed E-state index contributed by atoms with van der Waals surface area (Å²) in [4.78, 5) is 67.0. The number of morpholine rings is 1. The van der Waals surface area contributed by atoms with Crippen LogP contribution in [0.5, 0.6) is 0 Å². The lowest BCUT2D eigenvalue weighted by Crippen LogP contribution is -2.47. The number of aliphatic hydroxyl groups is 1. The first-order valence-corrected chi connectivity index (χ1v) is 15.1. The summed E-state index contributed by atoms with van der Waals surface area (Å²) in [6, 6.07) is 5.97. The van der Waals surface area contributed by atoms with E-state index >= 15 is 4.39 Å². The van der Waals surface area contributed by atoms with E-state index < -0.39 is 47.9 Å². The van der Waals surface area contributed by atoms with Gasteiger partial charge >= 0.3 is 6.09 Å². The molecular formula is C28H33ClFN5O8S. The van der Waals surface area contributed by atoms with Crippen LogP contribution in [0.25, 0.3) is 0 Å². The molecule has 2 saturated heterocycles. The van der Waals surface area contributed by atoms with E-state index in [0.717, 1.165) is 27.2 Å². The third-order valence-corrected chi connectivity index (χ3v) is 8.27. The van der Waals surface area contributed by atoms with E-state index in [1.165, 1.54) is 36.1 Å². The van der Waals surface area contributed by atoms with Gasteiger partial charge in [0.05, 0.1) is 40.7 Å². The van der Waals surface area contributed by atoms with Gasteiger partial charge in [-0.05, 0) is 50.1 Å². The predicted molar refractivity (Wildman–Crippen MR) is 159 cm³/mol. The highest BCUT2D eigenvalue weighted by Crippen LogP contribution is 2.30. The maximum Gasteiger partial charge on any atom is 0.414 e. The number of nitrogens with one attached hydrogen (secondary N) is 1. The molecule has 0 radical (unpaired) electrons. The molecule has 0 bridgehead atoms. The van der Waals surface area contributed by atoms with Gasteiger partial charge in [0.1, 0.15) is 24.6 Å². The van der Waals surface area contributed by atoms with Crippen LogP contribution in [0, 0.1) is 5.82 Å².